The number of hydrogen-bond acceptors (Lipinski definition) is 3. The monoisotopic (exact) mass is 347 g/mol. The largest absolute Gasteiger partial charge is 0.507 e. The van der Waals surface area contributed by atoms with Crippen LogP contribution in [0.5, 0.6) is 11.5 Å². The molecule has 0 saturated carbocycles. The van der Waals surface area contributed by atoms with Gasteiger partial charge in [-0.05, 0) is 41.8 Å². The molecule has 0 saturated heterocycles. The Morgan fingerprint density at radius 3 is 2.00 bits per heavy atom. The van der Waals surface area contributed by atoms with Crippen molar-refractivity contribution < 1.29 is 23.4 Å². The molecule has 2 aromatic carbocycles. The zero-order valence-corrected chi connectivity index (χ0v) is 13.3. The maximum Gasteiger partial charge on any atom is 0.419 e. The van der Waals surface area contributed by atoms with Crippen LogP contribution >= 0.6 is 11.6 Å². The van der Waals surface area contributed by atoms with Crippen molar-refractivity contribution in [3.8, 4) is 11.5 Å². The lowest BCUT2D eigenvalue weighted by Crippen LogP contribution is -2.06. The molecule has 126 valence electrons. The van der Waals surface area contributed by atoms with E-state index >= 15 is 0 Å². The first-order valence-corrected chi connectivity index (χ1v) is 7.04. The minimum absolute atomic E-state index is 0.0108. The molecule has 0 fully saturated rings. The molecule has 7 heteroatoms. The average molecular weight is 348 g/mol. The lowest BCUT2D eigenvalue weighted by molar-refractivity contribution is -0.138. The lowest BCUT2D eigenvalue weighted by Gasteiger charge is -2.12. The zero-order valence-electron chi connectivity index (χ0n) is 12.5. The summed E-state index contributed by atoms with van der Waals surface area (Å²) in [6.07, 6.45) is -4.49. The van der Waals surface area contributed by atoms with E-state index in [2.05, 4.69) is 0 Å². The molecule has 4 N–H and O–H groups in total. The number of phenolic OH excluding ortho intramolecular Hbond substituents is 2. The SMILES string of the molecule is CC(C)c1ccc(O)c(C(F)(F)F)c1.Nc1ccc(O)c(Cl)c1. The lowest BCUT2D eigenvalue weighted by atomic mass is 10.00. The van der Waals surface area contributed by atoms with Gasteiger partial charge in [0.1, 0.15) is 11.5 Å². The molecule has 0 aromatic heterocycles. The van der Waals surface area contributed by atoms with Gasteiger partial charge in [0.2, 0.25) is 0 Å². The average Bonchev–Trinajstić information content (AvgIpc) is 2.43. The minimum atomic E-state index is -4.49. The number of alkyl halides is 3. The fourth-order valence-electron chi connectivity index (χ4n) is 1.66. The molecule has 0 bridgehead atoms. The Morgan fingerprint density at radius 2 is 1.57 bits per heavy atom. The summed E-state index contributed by atoms with van der Waals surface area (Å²) in [7, 11) is 0. The topological polar surface area (TPSA) is 66.5 Å². The highest BCUT2D eigenvalue weighted by molar-refractivity contribution is 6.32. The second-order valence-corrected chi connectivity index (χ2v) is 5.55. The van der Waals surface area contributed by atoms with Gasteiger partial charge in [0.15, 0.2) is 0 Å². The van der Waals surface area contributed by atoms with Crippen LogP contribution in [0.4, 0.5) is 18.9 Å². The second kappa shape index (κ2) is 7.46. The molecular weight excluding hydrogens is 331 g/mol. The van der Waals surface area contributed by atoms with Crippen LogP contribution in [-0.2, 0) is 6.18 Å². The summed E-state index contributed by atoms with van der Waals surface area (Å²) >= 11 is 5.48. The Morgan fingerprint density at radius 1 is 1.00 bits per heavy atom. The molecule has 0 atom stereocenters. The second-order valence-electron chi connectivity index (χ2n) is 5.14. The van der Waals surface area contributed by atoms with Crippen LogP contribution in [-0.4, -0.2) is 10.2 Å². The van der Waals surface area contributed by atoms with Crippen molar-refractivity contribution >= 4 is 17.3 Å². The van der Waals surface area contributed by atoms with Gasteiger partial charge >= 0.3 is 6.18 Å². The van der Waals surface area contributed by atoms with Gasteiger partial charge in [0, 0.05) is 5.69 Å². The van der Waals surface area contributed by atoms with Gasteiger partial charge in [-0.15, -0.1) is 0 Å². The maximum atomic E-state index is 12.3. The molecule has 0 heterocycles. The van der Waals surface area contributed by atoms with E-state index in [4.69, 9.17) is 27.5 Å². The van der Waals surface area contributed by atoms with Crippen molar-refractivity contribution in [2.45, 2.75) is 25.9 Å². The third-order valence-corrected chi connectivity index (χ3v) is 3.27. The molecule has 0 unspecified atom stereocenters. The fraction of sp³-hybridized carbons (Fsp3) is 0.250. The summed E-state index contributed by atoms with van der Waals surface area (Å²) in [5.41, 5.74) is 5.48. The van der Waals surface area contributed by atoms with Gasteiger partial charge < -0.3 is 15.9 Å². The quantitative estimate of drug-likeness (QED) is 0.493. The summed E-state index contributed by atoms with van der Waals surface area (Å²) in [4.78, 5) is 0. The molecule has 0 amide bonds. The number of nitrogens with two attached hydrogens (primary N) is 1. The number of benzene rings is 2. The van der Waals surface area contributed by atoms with Crippen molar-refractivity contribution in [1.82, 2.24) is 0 Å². The van der Waals surface area contributed by atoms with E-state index < -0.39 is 17.5 Å². The van der Waals surface area contributed by atoms with Crippen LogP contribution < -0.4 is 5.73 Å². The van der Waals surface area contributed by atoms with Gasteiger partial charge in [0.05, 0.1) is 10.6 Å². The minimum Gasteiger partial charge on any atom is -0.507 e. The summed E-state index contributed by atoms with van der Waals surface area (Å²) in [5, 5.41) is 18.2. The van der Waals surface area contributed by atoms with E-state index in [0.29, 0.717) is 11.3 Å². The molecule has 2 rings (SSSR count). The normalized spacial score (nSPS) is 11.1. The third-order valence-electron chi connectivity index (χ3n) is 2.96. The van der Waals surface area contributed by atoms with Crippen LogP contribution in [0.1, 0.15) is 30.9 Å². The predicted molar refractivity (Wildman–Crippen MR) is 84.7 cm³/mol. The Kier molecular flexibility index (Phi) is 6.15. The fourth-order valence-corrected chi connectivity index (χ4v) is 1.85. The number of aromatic hydroxyl groups is 2. The highest BCUT2D eigenvalue weighted by atomic mass is 35.5. The van der Waals surface area contributed by atoms with Crippen LogP contribution in [0.15, 0.2) is 36.4 Å². The zero-order chi connectivity index (χ0) is 17.8. The number of phenols is 2. The van der Waals surface area contributed by atoms with E-state index in [9.17, 15) is 13.2 Å². The molecular formula is C16H17ClF3NO2. The van der Waals surface area contributed by atoms with Gasteiger partial charge in [-0.3, -0.25) is 0 Å². The number of halogens is 4. The Balaban J connectivity index is 0.000000253. The Labute approximate surface area is 137 Å². The number of nitrogen functional groups attached to an aromatic ring is 1. The first kappa shape index (κ1) is 19.0. The summed E-state index contributed by atoms with van der Waals surface area (Å²) in [6.45, 7) is 3.60. The van der Waals surface area contributed by atoms with E-state index in [-0.39, 0.29) is 16.7 Å². The maximum absolute atomic E-state index is 12.3. The molecule has 23 heavy (non-hydrogen) atoms. The van der Waals surface area contributed by atoms with Gasteiger partial charge in [0.25, 0.3) is 0 Å². The van der Waals surface area contributed by atoms with Crippen molar-refractivity contribution in [2.75, 3.05) is 5.73 Å². The predicted octanol–water partition coefficient (Wildman–Crippen LogP) is 5.16. The highest BCUT2D eigenvalue weighted by Crippen LogP contribution is 2.37. The molecule has 3 nitrogen and oxygen atoms in total. The molecule has 0 aliphatic heterocycles. The Hall–Kier alpha value is -2.08. The van der Waals surface area contributed by atoms with Crippen molar-refractivity contribution in [3.63, 3.8) is 0 Å². The molecule has 0 aliphatic carbocycles. The molecule has 2 aromatic rings. The van der Waals surface area contributed by atoms with Gasteiger partial charge in [-0.25, -0.2) is 0 Å². The first-order valence-electron chi connectivity index (χ1n) is 6.66. The highest BCUT2D eigenvalue weighted by Gasteiger charge is 2.34. The number of rotatable bonds is 1. The van der Waals surface area contributed by atoms with Gasteiger partial charge in [-0.1, -0.05) is 31.5 Å². The summed E-state index contributed by atoms with van der Waals surface area (Å²) in [6, 6.07) is 8.10. The van der Waals surface area contributed by atoms with Gasteiger partial charge in [-0.2, -0.15) is 13.2 Å². The van der Waals surface area contributed by atoms with Crippen LogP contribution in [0.3, 0.4) is 0 Å². The van der Waals surface area contributed by atoms with Crippen molar-refractivity contribution in [1.29, 1.82) is 0 Å². The van der Waals surface area contributed by atoms with Crippen molar-refractivity contribution in [3.05, 3.63) is 52.5 Å². The van der Waals surface area contributed by atoms with E-state index in [0.717, 1.165) is 12.1 Å². The summed E-state index contributed by atoms with van der Waals surface area (Å²) in [5.74, 6) is -0.649. The standard InChI is InChI=1S/C10H11F3O.C6H6ClNO/c1-6(2)7-3-4-9(14)8(5-7)10(11,12)13;7-5-3-4(8)1-2-6(5)9/h3-6,14H,1-2H3;1-3,9H,8H2. The molecule has 0 aliphatic rings. The summed E-state index contributed by atoms with van der Waals surface area (Å²) < 4.78 is 37.0. The van der Waals surface area contributed by atoms with Crippen LogP contribution in [0, 0.1) is 0 Å². The molecule has 0 radical (unpaired) electrons. The number of anilines is 1. The van der Waals surface area contributed by atoms with Crippen LogP contribution in [0.2, 0.25) is 5.02 Å². The molecule has 0 spiro atoms. The van der Waals surface area contributed by atoms with E-state index in [1.807, 2.05) is 0 Å². The van der Waals surface area contributed by atoms with E-state index in [1.165, 1.54) is 18.2 Å². The van der Waals surface area contributed by atoms with E-state index in [1.54, 1.807) is 19.9 Å². The number of hydrogen-bond donors (Lipinski definition) is 3. The van der Waals surface area contributed by atoms with Crippen LogP contribution in [0.25, 0.3) is 0 Å². The van der Waals surface area contributed by atoms with Crippen molar-refractivity contribution in [2.24, 2.45) is 0 Å². The first-order chi connectivity index (χ1) is 10.5. The Bertz CT molecular complexity index is 673. The smallest absolute Gasteiger partial charge is 0.419 e. The third kappa shape index (κ3) is 5.56.